The Hall–Kier alpha value is -1.17. The van der Waals surface area contributed by atoms with Crippen LogP contribution in [0.4, 0.5) is 0 Å². The van der Waals surface area contributed by atoms with Crippen molar-refractivity contribution in [3.05, 3.63) is 0 Å². The molecule has 3 nitrogen and oxygen atoms in total. The smallest absolute Gasteiger partial charge is 0.191 e. The van der Waals surface area contributed by atoms with Crippen LogP contribution in [0.2, 0.25) is 0 Å². The molecule has 1 saturated carbocycles. The van der Waals surface area contributed by atoms with Crippen molar-refractivity contribution in [3.8, 4) is 12.3 Å². The highest BCUT2D eigenvalue weighted by molar-refractivity contribution is 5.79. The third-order valence-corrected chi connectivity index (χ3v) is 3.38. The molecule has 15 heavy (non-hydrogen) atoms. The van der Waals surface area contributed by atoms with Gasteiger partial charge in [0.05, 0.1) is 6.54 Å². The average molecular weight is 207 g/mol. The Morgan fingerprint density at radius 2 is 2.20 bits per heavy atom. The molecule has 0 unspecified atom stereocenters. The lowest BCUT2D eigenvalue weighted by atomic mass is 9.67. The third kappa shape index (κ3) is 3.16. The Bertz CT molecular complexity index is 253. The molecule has 0 spiro atoms. The zero-order chi connectivity index (χ0) is 11.1. The monoisotopic (exact) mass is 207 g/mol. The van der Waals surface area contributed by atoms with E-state index in [0.717, 1.165) is 12.5 Å². The van der Waals surface area contributed by atoms with Crippen LogP contribution in [0.5, 0.6) is 0 Å². The van der Waals surface area contributed by atoms with Crippen molar-refractivity contribution in [2.24, 2.45) is 10.4 Å². The Balaban J connectivity index is 2.31. The van der Waals surface area contributed by atoms with Gasteiger partial charge >= 0.3 is 0 Å². The van der Waals surface area contributed by atoms with Gasteiger partial charge in [0, 0.05) is 13.6 Å². The molecule has 0 saturated heterocycles. The first-order valence-electron chi connectivity index (χ1n) is 5.64. The van der Waals surface area contributed by atoms with E-state index in [0.29, 0.717) is 12.0 Å². The fraction of sp³-hybridized carbons (Fsp3) is 0.750. The molecule has 84 valence electrons. The van der Waals surface area contributed by atoms with Gasteiger partial charge in [-0.1, -0.05) is 19.3 Å². The standard InChI is InChI=1S/C12H21N3/c1-4-9-14-11(13-3)15-10-12(5-2)7-6-8-12/h1H,5-10H2,2-3H3,(H2,13,14,15). The number of rotatable bonds is 4. The fourth-order valence-electron chi connectivity index (χ4n) is 1.96. The first-order valence-corrected chi connectivity index (χ1v) is 5.64. The highest BCUT2D eigenvalue weighted by atomic mass is 15.2. The summed E-state index contributed by atoms with van der Waals surface area (Å²) in [6.07, 6.45) is 10.5. The van der Waals surface area contributed by atoms with Gasteiger partial charge in [-0.3, -0.25) is 4.99 Å². The number of nitrogens with zero attached hydrogens (tertiary/aromatic N) is 1. The van der Waals surface area contributed by atoms with Crippen LogP contribution >= 0.6 is 0 Å². The van der Waals surface area contributed by atoms with Gasteiger partial charge < -0.3 is 10.6 Å². The van der Waals surface area contributed by atoms with Gasteiger partial charge in [-0.15, -0.1) is 6.42 Å². The minimum Gasteiger partial charge on any atom is -0.356 e. The summed E-state index contributed by atoms with van der Waals surface area (Å²) in [6.45, 7) is 3.80. The van der Waals surface area contributed by atoms with E-state index in [1.807, 2.05) is 0 Å². The highest BCUT2D eigenvalue weighted by Crippen LogP contribution is 2.42. The second kappa shape index (κ2) is 5.65. The molecule has 1 fully saturated rings. The Morgan fingerprint density at radius 3 is 2.60 bits per heavy atom. The van der Waals surface area contributed by atoms with E-state index in [1.54, 1.807) is 7.05 Å². The topological polar surface area (TPSA) is 36.4 Å². The van der Waals surface area contributed by atoms with Crippen LogP contribution in [0.3, 0.4) is 0 Å². The number of guanidine groups is 1. The van der Waals surface area contributed by atoms with E-state index in [9.17, 15) is 0 Å². The van der Waals surface area contributed by atoms with Gasteiger partial charge in [0.1, 0.15) is 0 Å². The quantitative estimate of drug-likeness (QED) is 0.415. The van der Waals surface area contributed by atoms with Crippen molar-refractivity contribution >= 4 is 5.96 Å². The summed E-state index contributed by atoms with van der Waals surface area (Å²) in [7, 11) is 1.77. The van der Waals surface area contributed by atoms with E-state index in [2.05, 4.69) is 28.5 Å². The molecule has 0 atom stereocenters. The molecule has 1 rings (SSSR count). The van der Waals surface area contributed by atoms with Gasteiger partial charge in [-0.25, -0.2) is 0 Å². The minimum atomic E-state index is 0.508. The van der Waals surface area contributed by atoms with E-state index in [1.165, 1.54) is 25.7 Å². The van der Waals surface area contributed by atoms with Gasteiger partial charge in [-0.05, 0) is 24.7 Å². The number of hydrogen-bond donors (Lipinski definition) is 2. The van der Waals surface area contributed by atoms with Crippen LogP contribution in [0.25, 0.3) is 0 Å². The number of nitrogens with one attached hydrogen (secondary N) is 2. The van der Waals surface area contributed by atoms with Crippen molar-refractivity contribution in [2.75, 3.05) is 20.1 Å². The molecule has 2 N–H and O–H groups in total. The molecule has 0 bridgehead atoms. The molecule has 0 aromatic carbocycles. The fourth-order valence-corrected chi connectivity index (χ4v) is 1.96. The summed E-state index contributed by atoms with van der Waals surface area (Å²) in [5.74, 6) is 3.35. The maximum atomic E-state index is 5.18. The molecule has 0 aromatic heterocycles. The van der Waals surface area contributed by atoms with E-state index < -0.39 is 0 Å². The van der Waals surface area contributed by atoms with Crippen LogP contribution in [0.1, 0.15) is 32.6 Å². The van der Waals surface area contributed by atoms with E-state index in [-0.39, 0.29) is 0 Å². The lowest BCUT2D eigenvalue weighted by Gasteiger charge is -2.41. The van der Waals surface area contributed by atoms with Crippen molar-refractivity contribution in [2.45, 2.75) is 32.6 Å². The first-order chi connectivity index (χ1) is 7.26. The van der Waals surface area contributed by atoms with Crippen molar-refractivity contribution in [1.82, 2.24) is 10.6 Å². The average Bonchev–Trinajstić information content (AvgIpc) is 2.21. The van der Waals surface area contributed by atoms with Crippen LogP contribution in [-0.4, -0.2) is 26.1 Å². The van der Waals surface area contributed by atoms with Crippen molar-refractivity contribution in [3.63, 3.8) is 0 Å². The van der Waals surface area contributed by atoms with E-state index >= 15 is 0 Å². The van der Waals surface area contributed by atoms with Gasteiger partial charge in [0.2, 0.25) is 0 Å². The summed E-state index contributed by atoms with van der Waals surface area (Å²) in [5, 5.41) is 6.41. The maximum Gasteiger partial charge on any atom is 0.191 e. The van der Waals surface area contributed by atoms with Crippen LogP contribution in [0.15, 0.2) is 4.99 Å². The molecule has 3 heteroatoms. The molecule has 0 aliphatic heterocycles. The normalized spacial score (nSPS) is 18.9. The van der Waals surface area contributed by atoms with Crippen molar-refractivity contribution < 1.29 is 0 Å². The van der Waals surface area contributed by atoms with Crippen LogP contribution in [-0.2, 0) is 0 Å². The molecule has 0 heterocycles. The SMILES string of the molecule is C#CCNC(=NC)NCC1(CC)CCC1. The van der Waals surface area contributed by atoms with Crippen molar-refractivity contribution in [1.29, 1.82) is 0 Å². The maximum absolute atomic E-state index is 5.18. The van der Waals surface area contributed by atoms with Gasteiger partial charge in [-0.2, -0.15) is 0 Å². The predicted octanol–water partition coefficient (Wildman–Crippen LogP) is 1.36. The largest absolute Gasteiger partial charge is 0.356 e. The van der Waals surface area contributed by atoms with E-state index in [4.69, 9.17) is 6.42 Å². The number of terminal acetylenes is 1. The molecule has 0 amide bonds. The Morgan fingerprint density at radius 1 is 1.47 bits per heavy atom. The third-order valence-electron chi connectivity index (χ3n) is 3.38. The molecule has 0 aromatic rings. The van der Waals surface area contributed by atoms with Gasteiger partial charge in [0.25, 0.3) is 0 Å². The molecular formula is C12H21N3. The Labute approximate surface area is 92.7 Å². The molecular weight excluding hydrogens is 186 g/mol. The predicted molar refractivity (Wildman–Crippen MR) is 64.8 cm³/mol. The Kier molecular flexibility index (Phi) is 4.48. The molecule has 0 radical (unpaired) electrons. The first kappa shape index (κ1) is 11.9. The number of aliphatic imine (C=N–C) groups is 1. The summed E-state index contributed by atoms with van der Waals surface area (Å²) < 4.78 is 0. The zero-order valence-electron chi connectivity index (χ0n) is 9.77. The van der Waals surface area contributed by atoms with Gasteiger partial charge in [0.15, 0.2) is 5.96 Å². The zero-order valence-corrected chi connectivity index (χ0v) is 9.77. The summed E-state index contributed by atoms with van der Waals surface area (Å²) in [4.78, 5) is 4.12. The second-order valence-corrected chi connectivity index (χ2v) is 4.19. The van der Waals surface area contributed by atoms with Crippen LogP contribution < -0.4 is 10.6 Å². The number of hydrogen-bond acceptors (Lipinski definition) is 1. The molecule has 1 aliphatic rings. The lowest BCUT2D eigenvalue weighted by Crippen LogP contribution is -2.46. The van der Waals surface area contributed by atoms with Crippen LogP contribution in [0, 0.1) is 17.8 Å². The summed E-state index contributed by atoms with van der Waals surface area (Å²) in [6, 6.07) is 0. The minimum absolute atomic E-state index is 0.508. The summed E-state index contributed by atoms with van der Waals surface area (Å²) in [5.41, 5.74) is 0.508. The second-order valence-electron chi connectivity index (χ2n) is 4.19. The summed E-state index contributed by atoms with van der Waals surface area (Å²) >= 11 is 0. The molecule has 1 aliphatic carbocycles. The lowest BCUT2D eigenvalue weighted by molar-refractivity contribution is 0.131. The highest BCUT2D eigenvalue weighted by Gasteiger charge is 2.34.